The monoisotopic (exact) mass is 410 g/mol. The molecule has 1 fully saturated rings. The molecule has 2 aromatic rings. The second kappa shape index (κ2) is 9.43. The lowest BCUT2D eigenvalue weighted by Gasteiger charge is -2.40. The maximum atomic E-state index is 13.0. The number of amides is 2. The average Bonchev–Trinajstić information content (AvgIpc) is 2.77. The van der Waals surface area contributed by atoms with Gasteiger partial charge in [-0.1, -0.05) is 29.8 Å². The van der Waals surface area contributed by atoms with Crippen molar-refractivity contribution >= 4 is 23.5 Å². The Kier molecular flexibility index (Phi) is 6.72. The van der Waals surface area contributed by atoms with Crippen LogP contribution in [-0.2, 0) is 19.1 Å². The molecule has 0 unspecified atom stereocenters. The van der Waals surface area contributed by atoms with Gasteiger partial charge >= 0.3 is 5.97 Å². The fourth-order valence-electron chi connectivity index (χ4n) is 3.65. The highest BCUT2D eigenvalue weighted by Crippen LogP contribution is 2.41. The molecule has 0 aliphatic carbocycles. The number of nitrogens with zero attached hydrogens (tertiary/aromatic N) is 1. The van der Waals surface area contributed by atoms with E-state index in [1.165, 1.54) is 7.05 Å². The Balaban J connectivity index is 1.99. The molecule has 1 aliphatic heterocycles. The normalized spacial score (nSPS) is 18.6. The minimum atomic E-state index is -0.595. The molecule has 1 saturated heterocycles. The van der Waals surface area contributed by atoms with Gasteiger partial charge in [0.25, 0.3) is 5.91 Å². The lowest BCUT2D eigenvalue weighted by Crippen LogP contribution is -2.46. The van der Waals surface area contributed by atoms with Crippen LogP contribution in [0.2, 0.25) is 0 Å². The predicted molar refractivity (Wildman–Crippen MR) is 112 cm³/mol. The number of hydrogen-bond donors (Lipinski definition) is 1. The molecule has 2 amide bonds. The highest BCUT2D eigenvalue weighted by atomic mass is 16.5. The molecule has 158 valence electrons. The van der Waals surface area contributed by atoms with E-state index in [1.54, 1.807) is 24.1 Å². The zero-order valence-corrected chi connectivity index (χ0v) is 17.4. The van der Waals surface area contributed by atoms with Crippen LogP contribution in [0.4, 0.5) is 5.69 Å². The van der Waals surface area contributed by atoms with Crippen molar-refractivity contribution in [3.05, 3.63) is 59.7 Å². The van der Waals surface area contributed by atoms with E-state index >= 15 is 0 Å². The van der Waals surface area contributed by atoms with Gasteiger partial charge in [0, 0.05) is 19.2 Å². The molecular weight excluding hydrogens is 384 g/mol. The number of methoxy groups -OCH3 is 1. The van der Waals surface area contributed by atoms with Gasteiger partial charge in [0.15, 0.2) is 6.61 Å². The number of nitrogens with one attached hydrogen (secondary N) is 1. The summed E-state index contributed by atoms with van der Waals surface area (Å²) in [6.45, 7) is 1.63. The lowest BCUT2D eigenvalue weighted by atomic mass is 9.83. The number of likely N-dealkylation sites (N-methyl/N-ethyl adjacent to an activating group) is 1. The van der Waals surface area contributed by atoms with Crippen LogP contribution in [0.1, 0.15) is 30.0 Å². The summed E-state index contributed by atoms with van der Waals surface area (Å²) in [5.41, 5.74) is 2.59. The van der Waals surface area contributed by atoms with E-state index in [2.05, 4.69) is 5.32 Å². The third-order valence-electron chi connectivity index (χ3n) is 5.29. The maximum absolute atomic E-state index is 13.0. The molecular formula is C23H26N2O5. The van der Waals surface area contributed by atoms with E-state index < -0.39 is 17.9 Å². The van der Waals surface area contributed by atoms with Crippen molar-refractivity contribution in [2.24, 2.45) is 5.92 Å². The summed E-state index contributed by atoms with van der Waals surface area (Å²) >= 11 is 0. The number of aryl methyl sites for hydroxylation is 1. The van der Waals surface area contributed by atoms with Crippen LogP contribution >= 0.6 is 0 Å². The van der Waals surface area contributed by atoms with Crippen molar-refractivity contribution in [2.75, 3.05) is 25.7 Å². The van der Waals surface area contributed by atoms with Gasteiger partial charge in [-0.3, -0.25) is 14.4 Å². The largest absolute Gasteiger partial charge is 0.497 e. The Morgan fingerprint density at radius 2 is 1.77 bits per heavy atom. The number of anilines is 1. The molecule has 2 aromatic carbocycles. The Bertz CT molecular complexity index is 908. The first-order chi connectivity index (χ1) is 14.4. The summed E-state index contributed by atoms with van der Waals surface area (Å²) in [5.74, 6) is -0.853. The number of hydrogen-bond acceptors (Lipinski definition) is 5. The van der Waals surface area contributed by atoms with E-state index in [4.69, 9.17) is 9.47 Å². The number of carbonyl (C=O) groups excluding carboxylic acids is 3. The van der Waals surface area contributed by atoms with Crippen molar-refractivity contribution in [2.45, 2.75) is 25.8 Å². The number of carbonyl (C=O) groups is 3. The van der Waals surface area contributed by atoms with E-state index in [0.29, 0.717) is 12.2 Å². The first-order valence-electron chi connectivity index (χ1n) is 9.84. The fourth-order valence-corrected chi connectivity index (χ4v) is 3.65. The summed E-state index contributed by atoms with van der Waals surface area (Å²) in [6, 6.07) is 14.4. The average molecular weight is 410 g/mol. The molecule has 7 heteroatoms. The second-order valence-corrected chi connectivity index (χ2v) is 7.24. The van der Waals surface area contributed by atoms with Gasteiger partial charge in [0.1, 0.15) is 5.75 Å². The number of ether oxygens (including phenoxy) is 2. The van der Waals surface area contributed by atoms with Gasteiger partial charge in [-0.05, 0) is 43.2 Å². The Hall–Kier alpha value is -3.35. The zero-order valence-electron chi connectivity index (χ0n) is 17.4. The summed E-state index contributed by atoms with van der Waals surface area (Å²) < 4.78 is 10.5. The molecule has 0 bridgehead atoms. The topological polar surface area (TPSA) is 84.9 Å². The van der Waals surface area contributed by atoms with Crippen LogP contribution in [0.15, 0.2) is 48.5 Å². The number of rotatable bonds is 6. The fraction of sp³-hybridized carbons (Fsp3) is 0.348. The van der Waals surface area contributed by atoms with Crippen molar-refractivity contribution in [3.63, 3.8) is 0 Å². The van der Waals surface area contributed by atoms with E-state index in [1.807, 2.05) is 43.3 Å². The van der Waals surface area contributed by atoms with Crippen LogP contribution in [-0.4, -0.2) is 38.5 Å². The smallest absolute Gasteiger partial charge is 0.311 e. The van der Waals surface area contributed by atoms with Crippen molar-refractivity contribution in [1.82, 2.24) is 5.32 Å². The third kappa shape index (κ3) is 4.62. The molecule has 0 radical (unpaired) electrons. The minimum Gasteiger partial charge on any atom is -0.497 e. The number of benzene rings is 2. The zero-order chi connectivity index (χ0) is 21.7. The van der Waals surface area contributed by atoms with Gasteiger partial charge in [0.05, 0.1) is 19.1 Å². The molecule has 1 N–H and O–H groups in total. The summed E-state index contributed by atoms with van der Waals surface area (Å²) in [7, 11) is 3.06. The standard InChI is InChI=1S/C23H26N2O5/c1-15-4-8-17(9-5-15)25-21(27)13-12-19(23(28)30-14-20(26)24-2)22(25)16-6-10-18(29-3)11-7-16/h4-11,19,22H,12-14H2,1-3H3,(H,24,26)/t19-,22+/m1/s1. The van der Waals surface area contributed by atoms with Gasteiger partial charge < -0.3 is 19.7 Å². The van der Waals surface area contributed by atoms with Crippen molar-refractivity contribution < 1.29 is 23.9 Å². The third-order valence-corrected chi connectivity index (χ3v) is 5.29. The second-order valence-electron chi connectivity index (χ2n) is 7.24. The van der Waals surface area contributed by atoms with Gasteiger partial charge in [0.2, 0.25) is 5.91 Å². The van der Waals surface area contributed by atoms with Crippen LogP contribution in [0, 0.1) is 12.8 Å². The van der Waals surface area contributed by atoms with Gasteiger partial charge in [-0.2, -0.15) is 0 Å². The quantitative estimate of drug-likeness (QED) is 0.741. The molecule has 3 rings (SSSR count). The van der Waals surface area contributed by atoms with Gasteiger partial charge in [-0.25, -0.2) is 0 Å². The van der Waals surface area contributed by atoms with Crippen molar-refractivity contribution in [3.8, 4) is 5.75 Å². The molecule has 7 nitrogen and oxygen atoms in total. The molecule has 2 atom stereocenters. The molecule has 0 spiro atoms. The molecule has 30 heavy (non-hydrogen) atoms. The molecule has 1 heterocycles. The van der Waals surface area contributed by atoms with Crippen LogP contribution in [0.25, 0.3) is 0 Å². The van der Waals surface area contributed by atoms with E-state index in [9.17, 15) is 14.4 Å². The SMILES string of the molecule is CNC(=O)COC(=O)[C@@H]1CCC(=O)N(c2ccc(C)cc2)[C@H]1c1ccc(OC)cc1. The van der Waals surface area contributed by atoms with E-state index in [0.717, 1.165) is 16.8 Å². The molecule has 0 aromatic heterocycles. The maximum Gasteiger partial charge on any atom is 0.311 e. The van der Waals surface area contributed by atoms with Crippen LogP contribution < -0.4 is 15.0 Å². The summed E-state index contributed by atoms with van der Waals surface area (Å²) in [6.07, 6.45) is 0.574. The molecule has 0 saturated carbocycles. The van der Waals surface area contributed by atoms with E-state index in [-0.39, 0.29) is 24.8 Å². The highest BCUT2D eigenvalue weighted by molar-refractivity contribution is 5.97. The van der Waals surface area contributed by atoms with Gasteiger partial charge in [-0.15, -0.1) is 0 Å². The first kappa shape index (κ1) is 21.4. The summed E-state index contributed by atoms with van der Waals surface area (Å²) in [5, 5.41) is 2.43. The minimum absolute atomic E-state index is 0.0602. The summed E-state index contributed by atoms with van der Waals surface area (Å²) in [4.78, 5) is 39.0. The number of esters is 1. The lowest BCUT2D eigenvalue weighted by molar-refractivity contribution is -0.154. The Morgan fingerprint density at radius 3 is 2.37 bits per heavy atom. The highest BCUT2D eigenvalue weighted by Gasteiger charge is 2.42. The Labute approximate surface area is 176 Å². The molecule has 1 aliphatic rings. The number of piperidine rings is 1. The van der Waals surface area contributed by atoms with Crippen LogP contribution in [0.3, 0.4) is 0 Å². The first-order valence-corrected chi connectivity index (χ1v) is 9.84. The van der Waals surface area contributed by atoms with Crippen molar-refractivity contribution in [1.29, 1.82) is 0 Å². The Morgan fingerprint density at radius 1 is 1.10 bits per heavy atom. The van der Waals surface area contributed by atoms with Crippen LogP contribution in [0.5, 0.6) is 5.75 Å². The predicted octanol–water partition coefficient (Wildman–Crippen LogP) is 2.78.